The van der Waals surface area contributed by atoms with Gasteiger partial charge in [0.25, 0.3) is 0 Å². The fourth-order valence-corrected chi connectivity index (χ4v) is 2.65. The van der Waals surface area contributed by atoms with Crippen molar-refractivity contribution in [3.05, 3.63) is 24.3 Å². The standard InChI is InChI=1S/C17H27N3O3/c1-5-17(22-13-14-18-9-6-10-19-14)7-11-20(12-8-17)15(21)23-16(2,3)4/h6,9-10H,5,7-8,11-13H2,1-4H3. The summed E-state index contributed by atoms with van der Waals surface area (Å²) in [5.41, 5.74) is -0.671. The summed E-state index contributed by atoms with van der Waals surface area (Å²) in [4.78, 5) is 22.3. The minimum absolute atomic E-state index is 0.211. The van der Waals surface area contributed by atoms with Gasteiger partial charge in [0.1, 0.15) is 12.2 Å². The average Bonchev–Trinajstić information content (AvgIpc) is 2.53. The third-order valence-corrected chi connectivity index (χ3v) is 4.10. The Kier molecular flexibility index (Phi) is 5.57. The number of hydrogen-bond donors (Lipinski definition) is 0. The summed E-state index contributed by atoms with van der Waals surface area (Å²) >= 11 is 0. The van der Waals surface area contributed by atoms with Gasteiger partial charge in [0, 0.05) is 25.5 Å². The molecular formula is C17H27N3O3. The van der Waals surface area contributed by atoms with Gasteiger partial charge in [0.15, 0.2) is 5.82 Å². The Labute approximate surface area is 138 Å². The minimum Gasteiger partial charge on any atom is -0.444 e. The first-order chi connectivity index (χ1) is 10.8. The highest BCUT2D eigenvalue weighted by molar-refractivity contribution is 5.68. The molecule has 128 valence electrons. The maximum absolute atomic E-state index is 12.1. The molecule has 0 aliphatic carbocycles. The first-order valence-electron chi connectivity index (χ1n) is 8.21. The molecule has 1 fully saturated rings. The molecule has 1 aromatic rings. The van der Waals surface area contributed by atoms with E-state index < -0.39 is 5.60 Å². The van der Waals surface area contributed by atoms with Crippen molar-refractivity contribution in [2.45, 2.75) is 64.8 Å². The van der Waals surface area contributed by atoms with Crippen LogP contribution in [0, 0.1) is 0 Å². The minimum atomic E-state index is -0.461. The summed E-state index contributed by atoms with van der Waals surface area (Å²) in [6, 6.07) is 1.79. The SMILES string of the molecule is CCC1(OCc2ncccn2)CCN(C(=O)OC(C)(C)C)CC1. The molecule has 0 saturated carbocycles. The molecular weight excluding hydrogens is 294 g/mol. The zero-order chi connectivity index (χ0) is 16.9. The number of hydrogen-bond acceptors (Lipinski definition) is 5. The van der Waals surface area contributed by atoms with E-state index in [4.69, 9.17) is 9.47 Å². The number of nitrogens with zero attached hydrogens (tertiary/aromatic N) is 3. The molecule has 0 unspecified atom stereocenters. The fourth-order valence-electron chi connectivity index (χ4n) is 2.65. The van der Waals surface area contributed by atoms with Crippen LogP contribution in [0.3, 0.4) is 0 Å². The predicted molar refractivity (Wildman–Crippen MR) is 86.9 cm³/mol. The Morgan fingerprint density at radius 1 is 1.26 bits per heavy atom. The maximum atomic E-state index is 12.1. The van der Waals surface area contributed by atoms with E-state index in [1.807, 2.05) is 20.8 Å². The molecule has 1 aromatic heterocycles. The Morgan fingerprint density at radius 3 is 2.39 bits per heavy atom. The summed E-state index contributed by atoms with van der Waals surface area (Å²) < 4.78 is 11.6. The first kappa shape index (κ1) is 17.7. The average molecular weight is 321 g/mol. The van der Waals surface area contributed by atoms with Crippen LogP contribution in [0.4, 0.5) is 4.79 Å². The van der Waals surface area contributed by atoms with E-state index >= 15 is 0 Å². The van der Waals surface area contributed by atoms with E-state index in [1.54, 1.807) is 23.4 Å². The highest BCUT2D eigenvalue weighted by Gasteiger charge is 2.36. The van der Waals surface area contributed by atoms with Gasteiger partial charge in [-0.25, -0.2) is 14.8 Å². The number of piperidine rings is 1. The third kappa shape index (κ3) is 5.16. The number of amides is 1. The van der Waals surface area contributed by atoms with E-state index in [1.165, 1.54) is 0 Å². The van der Waals surface area contributed by atoms with Crippen LogP contribution in [-0.4, -0.2) is 45.3 Å². The zero-order valence-electron chi connectivity index (χ0n) is 14.5. The smallest absolute Gasteiger partial charge is 0.410 e. The first-order valence-corrected chi connectivity index (χ1v) is 8.21. The lowest BCUT2D eigenvalue weighted by molar-refractivity contribution is -0.0973. The van der Waals surface area contributed by atoms with Crippen LogP contribution in [0.1, 0.15) is 52.8 Å². The van der Waals surface area contributed by atoms with Gasteiger partial charge in [0.05, 0.1) is 5.60 Å². The van der Waals surface area contributed by atoms with Gasteiger partial charge in [-0.05, 0) is 46.1 Å². The fraction of sp³-hybridized carbons (Fsp3) is 0.706. The van der Waals surface area contributed by atoms with Crippen LogP contribution in [-0.2, 0) is 16.1 Å². The normalized spacial score (nSPS) is 17.8. The Balaban J connectivity index is 1.88. The summed E-state index contributed by atoms with van der Waals surface area (Å²) in [5, 5.41) is 0. The van der Waals surface area contributed by atoms with Crippen LogP contribution >= 0.6 is 0 Å². The summed E-state index contributed by atoms with van der Waals surface area (Å²) in [5.74, 6) is 0.690. The molecule has 1 amide bonds. The highest BCUT2D eigenvalue weighted by Crippen LogP contribution is 2.31. The molecule has 6 heteroatoms. The molecule has 1 aliphatic rings. The monoisotopic (exact) mass is 321 g/mol. The largest absolute Gasteiger partial charge is 0.444 e. The van der Waals surface area contributed by atoms with Gasteiger partial charge in [-0.15, -0.1) is 0 Å². The van der Waals surface area contributed by atoms with Crippen molar-refractivity contribution in [1.82, 2.24) is 14.9 Å². The van der Waals surface area contributed by atoms with E-state index in [2.05, 4.69) is 16.9 Å². The van der Waals surface area contributed by atoms with Crippen LogP contribution < -0.4 is 0 Å². The molecule has 0 spiro atoms. The van der Waals surface area contributed by atoms with E-state index in [0.717, 1.165) is 19.3 Å². The van der Waals surface area contributed by atoms with E-state index in [-0.39, 0.29) is 11.7 Å². The van der Waals surface area contributed by atoms with Crippen molar-refractivity contribution < 1.29 is 14.3 Å². The lowest BCUT2D eigenvalue weighted by Crippen LogP contribution is -2.49. The second kappa shape index (κ2) is 7.25. The van der Waals surface area contributed by atoms with Crippen LogP contribution in [0.2, 0.25) is 0 Å². The van der Waals surface area contributed by atoms with Crippen molar-refractivity contribution >= 4 is 6.09 Å². The molecule has 1 aliphatic heterocycles. The summed E-state index contributed by atoms with van der Waals surface area (Å²) in [7, 11) is 0. The number of carbonyl (C=O) groups excluding carboxylic acids is 1. The van der Waals surface area contributed by atoms with Gasteiger partial charge in [-0.3, -0.25) is 0 Å². The molecule has 0 aromatic carbocycles. The molecule has 2 heterocycles. The Hall–Kier alpha value is -1.69. The van der Waals surface area contributed by atoms with Crippen molar-refractivity contribution in [2.75, 3.05) is 13.1 Å². The molecule has 2 rings (SSSR count). The van der Waals surface area contributed by atoms with Crippen LogP contribution in [0.25, 0.3) is 0 Å². The molecule has 0 N–H and O–H groups in total. The van der Waals surface area contributed by atoms with E-state index in [9.17, 15) is 4.79 Å². The van der Waals surface area contributed by atoms with Gasteiger partial charge in [-0.2, -0.15) is 0 Å². The highest BCUT2D eigenvalue weighted by atomic mass is 16.6. The maximum Gasteiger partial charge on any atom is 0.410 e. The van der Waals surface area contributed by atoms with Gasteiger partial charge in [-0.1, -0.05) is 6.92 Å². The lowest BCUT2D eigenvalue weighted by Gasteiger charge is -2.41. The third-order valence-electron chi connectivity index (χ3n) is 4.10. The number of carbonyl (C=O) groups is 1. The Bertz CT molecular complexity index is 506. The number of ether oxygens (including phenoxy) is 2. The van der Waals surface area contributed by atoms with Crippen molar-refractivity contribution in [3.63, 3.8) is 0 Å². The zero-order valence-corrected chi connectivity index (χ0v) is 14.5. The second-order valence-corrected chi connectivity index (χ2v) is 6.96. The number of likely N-dealkylation sites (tertiary alicyclic amines) is 1. The summed E-state index contributed by atoms with van der Waals surface area (Å²) in [6.07, 6.45) is 5.70. The molecule has 1 saturated heterocycles. The van der Waals surface area contributed by atoms with Gasteiger partial charge < -0.3 is 14.4 Å². The predicted octanol–water partition coefficient (Wildman–Crippen LogP) is 3.17. The number of aromatic nitrogens is 2. The molecule has 0 bridgehead atoms. The molecule has 6 nitrogen and oxygen atoms in total. The number of rotatable bonds is 4. The van der Waals surface area contributed by atoms with Gasteiger partial charge in [0.2, 0.25) is 0 Å². The van der Waals surface area contributed by atoms with Crippen molar-refractivity contribution in [3.8, 4) is 0 Å². The molecule has 0 atom stereocenters. The van der Waals surface area contributed by atoms with Gasteiger partial charge >= 0.3 is 6.09 Å². The Morgan fingerprint density at radius 2 is 1.87 bits per heavy atom. The van der Waals surface area contributed by atoms with Crippen molar-refractivity contribution in [1.29, 1.82) is 0 Å². The van der Waals surface area contributed by atoms with Crippen LogP contribution in [0.15, 0.2) is 18.5 Å². The van der Waals surface area contributed by atoms with E-state index in [0.29, 0.717) is 25.5 Å². The second-order valence-electron chi connectivity index (χ2n) is 6.96. The topological polar surface area (TPSA) is 64.6 Å². The van der Waals surface area contributed by atoms with Crippen LogP contribution in [0.5, 0.6) is 0 Å². The molecule has 0 radical (unpaired) electrons. The summed E-state index contributed by atoms with van der Waals surface area (Å²) in [6.45, 7) is 9.48. The quantitative estimate of drug-likeness (QED) is 0.852. The van der Waals surface area contributed by atoms with Crippen molar-refractivity contribution in [2.24, 2.45) is 0 Å². The molecule has 23 heavy (non-hydrogen) atoms. The lowest BCUT2D eigenvalue weighted by atomic mass is 9.88.